The normalized spacial score (nSPS) is 15.7. The molecule has 0 radical (unpaired) electrons. The van der Waals surface area contributed by atoms with Crippen LogP contribution in [0, 0.1) is 0 Å². The van der Waals surface area contributed by atoms with Gasteiger partial charge >= 0.3 is 0 Å². The van der Waals surface area contributed by atoms with E-state index in [9.17, 15) is 0 Å². The molecule has 0 amide bonds. The van der Waals surface area contributed by atoms with Gasteiger partial charge in [-0.15, -0.1) is 11.3 Å². The zero-order valence-electron chi connectivity index (χ0n) is 14.9. The second-order valence-corrected chi connectivity index (χ2v) is 7.22. The summed E-state index contributed by atoms with van der Waals surface area (Å²) in [6.07, 6.45) is 2.41. The van der Waals surface area contributed by atoms with Crippen molar-refractivity contribution in [1.29, 1.82) is 0 Å². The highest BCUT2D eigenvalue weighted by molar-refractivity contribution is 7.07. The Labute approximate surface area is 157 Å². The molecular weight excluding hydrogens is 340 g/mol. The molecule has 1 fully saturated rings. The Balaban J connectivity index is 1.76. The molecule has 2 aromatic carbocycles. The quantitative estimate of drug-likeness (QED) is 0.490. The lowest BCUT2D eigenvalue weighted by Gasteiger charge is -2.16. The van der Waals surface area contributed by atoms with Crippen LogP contribution in [0.15, 0.2) is 76.0 Å². The molecule has 0 atom stereocenters. The minimum atomic E-state index is 0.811. The van der Waals surface area contributed by atoms with Crippen molar-refractivity contribution in [2.24, 2.45) is 17.0 Å². The summed E-state index contributed by atoms with van der Waals surface area (Å²) in [5.74, 6) is 0.811. The van der Waals surface area contributed by atoms with E-state index in [2.05, 4.69) is 46.2 Å². The maximum absolute atomic E-state index is 4.94. The zero-order valence-corrected chi connectivity index (χ0v) is 15.7. The number of nitrogens with zero attached hydrogens (tertiary/aromatic N) is 4. The Hall–Kier alpha value is -2.66. The second-order valence-electron chi connectivity index (χ2n) is 6.38. The Morgan fingerprint density at radius 3 is 2.27 bits per heavy atom. The molecule has 26 heavy (non-hydrogen) atoms. The van der Waals surface area contributed by atoms with Crippen LogP contribution in [-0.2, 0) is 7.05 Å². The molecule has 0 saturated carbocycles. The Kier molecular flexibility index (Phi) is 4.97. The molecule has 1 saturated heterocycles. The Morgan fingerprint density at radius 2 is 1.58 bits per heavy atom. The number of aromatic nitrogens is 1. The molecule has 2 heterocycles. The van der Waals surface area contributed by atoms with Gasteiger partial charge in [0.2, 0.25) is 5.96 Å². The summed E-state index contributed by atoms with van der Waals surface area (Å²) in [6, 6.07) is 20.5. The van der Waals surface area contributed by atoms with E-state index >= 15 is 0 Å². The highest BCUT2D eigenvalue weighted by Gasteiger charge is 2.16. The number of rotatable bonds is 2. The molecule has 0 unspecified atom stereocenters. The van der Waals surface area contributed by atoms with E-state index in [4.69, 9.17) is 9.98 Å². The van der Waals surface area contributed by atoms with Gasteiger partial charge in [0.1, 0.15) is 0 Å². The number of benzene rings is 2. The number of thiazole rings is 1. The largest absolute Gasteiger partial charge is 0.341 e. The topological polar surface area (TPSA) is 32.9 Å². The second kappa shape index (κ2) is 7.70. The summed E-state index contributed by atoms with van der Waals surface area (Å²) in [7, 11) is 2.07. The summed E-state index contributed by atoms with van der Waals surface area (Å²) in [4.78, 5) is 13.0. The molecule has 0 spiro atoms. The fourth-order valence-electron chi connectivity index (χ4n) is 3.13. The fourth-order valence-corrected chi connectivity index (χ4v) is 4.03. The standard InChI is InChI=1S/C21H22N4S/c1-24-19(17-10-4-2-5-11-17)16-26-21(24)23-20(25-14-8-9-15-25)22-18-12-6-3-7-13-18/h2-7,10-13,16H,8-9,14-15H2,1H3. The Bertz CT molecular complexity index is 948. The van der Waals surface area contributed by atoms with Gasteiger partial charge in [-0.05, 0) is 30.5 Å². The number of hydrogen-bond acceptors (Lipinski definition) is 2. The first kappa shape index (κ1) is 16.8. The van der Waals surface area contributed by atoms with Crippen LogP contribution in [-0.4, -0.2) is 28.5 Å². The number of para-hydroxylation sites is 1. The molecule has 0 aliphatic carbocycles. The van der Waals surface area contributed by atoms with E-state index in [0.29, 0.717) is 0 Å². The SMILES string of the molecule is Cn1c(-c2ccccc2)csc1=NC(=Nc1ccccc1)N1CCCC1. The zero-order chi connectivity index (χ0) is 17.8. The highest BCUT2D eigenvalue weighted by Crippen LogP contribution is 2.19. The van der Waals surface area contributed by atoms with Gasteiger partial charge in [0.25, 0.3) is 0 Å². The van der Waals surface area contributed by atoms with Gasteiger partial charge in [-0.1, -0.05) is 48.5 Å². The van der Waals surface area contributed by atoms with Gasteiger partial charge in [-0.25, -0.2) is 4.99 Å². The van der Waals surface area contributed by atoms with Crippen LogP contribution < -0.4 is 4.80 Å². The van der Waals surface area contributed by atoms with E-state index in [0.717, 1.165) is 29.5 Å². The number of guanidine groups is 1. The average molecular weight is 363 g/mol. The maximum Gasteiger partial charge on any atom is 0.228 e. The summed E-state index contributed by atoms with van der Waals surface area (Å²) in [5.41, 5.74) is 3.32. The molecule has 4 rings (SSSR count). The summed E-state index contributed by atoms with van der Waals surface area (Å²) >= 11 is 1.66. The van der Waals surface area contributed by atoms with Crippen molar-refractivity contribution in [1.82, 2.24) is 9.47 Å². The van der Waals surface area contributed by atoms with Crippen LogP contribution in [0.2, 0.25) is 0 Å². The fraction of sp³-hybridized carbons (Fsp3) is 0.238. The molecule has 5 heteroatoms. The first-order valence-corrected chi connectivity index (χ1v) is 9.82. The summed E-state index contributed by atoms with van der Waals surface area (Å²) in [6.45, 7) is 2.05. The van der Waals surface area contributed by atoms with Crippen LogP contribution >= 0.6 is 11.3 Å². The van der Waals surface area contributed by atoms with Gasteiger partial charge in [0, 0.05) is 25.5 Å². The third kappa shape index (κ3) is 3.63. The number of hydrogen-bond donors (Lipinski definition) is 0. The van der Waals surface area contributed by atoms with Crippen molar-refractivity contribution in [2.45, 2.75) is 12.8 Å². The molecular formula is C21H22N4S. The average Bonchev–Trinajstić information content (AvgIpc) is 3.34. The third-order valence-electron chi connectivity index (χ3n) is 4.56. The van der Waals surface area contributed by atoms with Crippen molar-refractivity contribution in [3.8, 4) is 11.3 Å². The van der Waals surface area contributed by atoms with E-state index < -0.39 is 0 Å². The van der Waals surface area contributed by atoms with Crippen LogP contribution in [0.1, 0.15) is 12.8 Å². The van der Waals surface area contributed by atoms with Crippen LogP contribution in [0.4, 0.5) is 5.69 Å². The molecule has 0 bridgehead atoms. The minimum Gasteiger partial charge on any atom is -0.341 e. The molecule has 0 N–H and O–H groups in total. The Morgan fingerprint density at radius 1 is 0.923 bits per heavy atom. The lowest BCUT2D eigenvalue weighted by Crippen LogP contribution is -2.28. The van der Waals surface area contributed by atoms with Gasteiger partial charge in [0.15, 0.2) is 4.80 Å². The van der Waals surface area contributed by atoms with Crippen LogP contribution in [0.5, 0.6) is 0 Å². The predicted molar refractivity (Wildman–Crippen MR) is 109 cm³/mol. The van der Waals surface area contributed by atoms with Crippen LogP contribution in [0.25, 0.3) is 11.3 Å². The number of aliphatic imine (C=N–C) groups is 1. The van der Waals surface area contributed by atoms with Crippen molar-refractivity contribution >= 4 is 23.0 Å². The summed E-state index contributed by atoms with van der Waals surface area (Å²) in [5, 5.41) is 2.16. The molecule has 4 nitrogen and oxygen atoms in total. The third-order valence-corrected chi connectivity index (χ3v) is 5.48. The van der Waals surface area contributed by atoms with Crippen LogP contribution in [0.3, 0.4) is 0 Å². The van der Waals surface area contributed by atoms with E-state index in [1.807, 2.05) is 36.4 Å². The van der Waals surface area contributed by atoms with E-state index in [1.165, 1.54) is 24.1 Å². The maximum atomic E-state index is 4.94. The molecule has 132 valence electrons. The molecule has 3 aromatic rings. The smallest absolute Gasteiger partial charge is 0.228 e. The molecule has 1 aliphatic rings. The van der Waals surface area contributed by atoms with E-state index in [1.54, 1.807) is 11.3 Å². The number of likely N-dealkylation sites (tertiary alicyclic amines) is 1. The molecule has 1 aliphatic heterocycles. The minimum absolute atomic E-state index is 0.811. The molecule has 1 aromatic heterocycles. The van der Waals surface area contributed by atoms with Crippen molar-refractivity contribution in [3.05, 3.63) is 70.8 Å². The lowest BCUT2D eigenvalue weighted by molar-refractivity contribution is 0.512. The first-order valence-electron chi connectivity index (χ1n) is 8.94. The van der Waals surface area contributed by atoms with Gasteiger partial charge in [-0.2, -0.15) is 4.99 Å². The van der Waals surface area contributed by atoms with Gasteiger partial charge in [-0.3, -0.25) is 0 Å². The van der Waals surface area contributed by atoms with Crippen molar-refractivity contribution in [3.63, 3.8) is 0 Å². The van der Waals surface area contributed by atoms with Crippen molar-refractivity contribution < 1.29 is 0 Å². The van der Waals surface area contributed by atoms with Gasteiger partial charge in [0.05, 0.1) is 11.4 Å². The van der Waals surface area contributed by atoms with Gasteiger partial charge < -0.3 is 9.47 Å². The monoisotopic (exact) mass is 362 g/mol. The highest BCUT2D eigenvalue weighted by atomic mass is 32.1. The first-order chi connectivity index (χ1) is 12.8. The summed E-state index contributed by atoms with van der Waals surface area (Å²) < 4.78 is 2.15. The lowest BCUT2D eigenvalue weighted by atomic mass is 10.2. The van der Waals surface area contributed by atoms with E-state index in [-0.39, 0.29) is 0 Å². The van der Waals surface area contributed by atoms with Crippen molar-refractivity contribution in [2.75, 3.05) is 13.1 Å². The predicted octanol–water partition coefficient (Wildman–Crippen LogP) is 4.44.